The third-order valence-corrected chi connectivity index (χ3v) is 4.57. The van der Waals surface area contributed by atoms with E-state index >= 15 is 0 Å². The molecule has 0 saturated carbocycles. The second kappa shape index (κ2) is 9.50. The quantitative estimate of drug-likeness (QED) is 0.573. The summed E-state index contributed by atoms with van der Waals surface area (Å²) in [5, 5.41) is 6.54. The Labute approximate surface area is 157 Å². The fourth-order valence-corrected chi connectivity index (χ4v) is 2.93. The highest BCUT2D eigenvalue weighted by Crippen LogP contribution is 2.16. The van der Waals surface area contributed by atoms with Gasteiger partial charge in [-0.3, -0.25) is 4.99 Å². The first-order valence-corrected chi connectivity index (χ1v) is 9.21. The van der Waals surface area contributed by atoms with Crippen LogP contribution >= 0.6 is 0 Å². The van der Waals surface area contributed by atoms with Gasteiger partial charge < -0.3 is 19.8 Å². The van der Waals surface area contributed by atoms with E-state index in [9.17, 15) is 8.78 Å². The van der Waals surface area contributed by atoms with Gasteiger partial charge in [-0.25, -0.2) is 8.78 Å². The molecule has 2 aromatic rings. The zero-order valence-corrected chi connectivity index (χ0v) is 15.4. The van der Waals surface area contributed by atoms with Gasteiger partial charge in [-0.15, -0.1) is 0 Å². The molecule has 1 fully saturated rings. The molecule has 0 aliphatic carbocycles. The Morgan fingerprint density at radius 3 is 2.89 bits per heavy atom. The van der Waals surface area contributed by atoms with Gasteiger partial charge in [-0.2, -0.15) is 0 Å². The largest absolute Gasteiger partial charge is 0.469 e. The van der Waals surface area contributed by atoms with E-state index < -0.39 is 11.6 Å². The van der Waals surface area contributed by atoms with E-state index in [0.717, 1.165) is 37.9 Å². The fourth-order valence-electron chi connectivity index (χ4n) is 2.93. The fraction of sp³-hybridized carbons (Fsp3) is 0.450. The first kappa shape index (κ1) is 19.4. The van der Waals surface area contributed by atoms with Gasteiger partial charge >= 0.3 is 0 Å². The molecule has 0 radical (unpaired) electrons. The average molecular weight is 377 g/mol. The molecule has 5 nitrogen and oxygen atoms in total. The van der Waals surface area contributed by atoms with Crippen molar-refractivity contribution in [3.05, 3.63) is 59.6 Å². The summed E-state index contributed by atoms with van der Waals surface area (Å²) in [4.78, 5) is 4.65. The number of aliphatic imine (C=N–C) groups is 1. The third-order valence-electron chi connectivity index (χ3n) is 4.57. The number of halogens is 2. The maximum atomic E-state index is 13.5. The highest BCUT2D eigenvalue weighted by molar-refractivity contribution is 5.80. The van der Waals surface area contributed by atoms with Crippen molar-refractivity contribution >= 4 is 5.96 Å². The molecular weight excluding hydrogens is 352 g/mol. The van der Waals surface area contributed by atoms with Crippen molar-refractivity contribution in [2.45, 2.75) is 25.8 Å². The number of nitrogens with zero attached hydrogens (tertiary/aromatic N) is 1. The van der Waals surface area contributed by atoms with Crippen LogP contribution in [-0.4, -0.2) is 32.3 Å². The molecule has 2 N–H and O–H groups in total. The zero-order chi connectivity index (χ0) is 19.1. The van der Waals surface area contributed by atoms with Gasteiger partial charge in [0, 0.05) is 32.0 Å². The van der Waals surface area contributed by atoms with Gasteiger partial charge in [0.15, 0.2) is 17.6 Å². The van der Waals surface area contributed by atoms with E-state index in [1.807, 2.05) is 19.1 Å². The first-order chi connectivity index (χ1) is 13.1. The van der Waals surface area contributed by atoms with Crippen LogP contribution in [0, 0.1) is 17.6 Å². The Kier molecular flexibility index (Phi) is 6.81. The van der Waals surface area contributed by atoms with Gasteiger partial charge in [0.1, 0.15) is 5.76 Å². The Hall–Kier alpha value is -2.41. The minimum atomic E-state index is -0.853. The molecule has 2 heterocycles. The van der Waals surface area contributed by atoms with Crippen LogP contribution in [0.15, 0.2) is 46.0 Å². The molecule has 1 saturated heterocycles. The summed E-state index contributed by atoms with van der Waals surface area (Å²) in [6.45, 7) is 4.68. The van der Waals surface area contributed by atoms with Crippen molar-refractivity contribution in [3.63, 3.8) is 0 Å². The van der Waals surface area contributed by atoms with E-state index in [4.69, 9.17) is 9.15 Å². The van der Waals surface area contributed by atoms with Gasteiger partial charge in [-0.1, -0.05) is 6.07 Å². The van der Waals surface area contributed by atoms with Gasteiger partial charge in [0.2, 0.25) is 0 Å². The minimum absolute atomic E-state index is 0.227. The van der Waals surface area contributed by atoms with E-state index in [0.29, 0.717) is 30.5 Å². The standard InChI is InChI=1S/C20H25F2N3O2/c1-14(16-4-5-18(21)19(22)11-16)25-20(24-12-15-7-10-26-13-15)23-8-6-17-3-2-9-27-17/h2-5,9,11,14-15H,6-8,10,12-13H2,1H3,(H2,23,24,25). The van der Waals surface area contributed by atoms with Crippen molar-refractivity contribution < 1.29 is 17.9 Å². The Bertz CT molecular complexity index is 744. The van der Waals surface area contributed by atoms with E-state index in [-0.39, 0.29) is 6.04 Å². The van der Waals surface area contributed by atoms with Crippen molar-refractivity contribution in [2.75, 3.05) is 26.3 Å². The number of ether oxygens (including phenoxy) is 1. The lowest BCUT2D eigenvalue weighted by atomic mass is 10.1. The molecule has 1 aromatic heterocycles. The topological polar surface area (TPSA) is 58.8 Å². The summed E-state index contributed by atoms with van der Waals surface area (Å²) in [6, 6.07) is 7.47. The molecule has 1 aliphatic rings. The van der Waals surface area contributed by atoms with Crippen LogP contribution in [0.4, 0.5) is 8.78 Å². The summed E-state index contributed by atoms with van der Waals surface area (Å²) >= 11 is 0. The average Bonchev–Trinajstić information content (AvgIpc) is 3.35. The first-order valence-electron chi connectivity index (χ1n) is 9.21. The number of benzene rings is 1. The molecule has 0 spiro atoms. The lowest BCUT2D eigenvalue weighted by Gasteiger charge is -2.19. The predicted molar refractivity (Wildman–Crippen MR) is 99.6 cm³/mol. The van der Waals surface area contributed by atoms with Crippen molar-refractivity contribution in [1.29, 1.82) is 0 Å². The van der Waals surface area contributed by atoms with Gasteiger partial charge in [0.25, 0.3) is 0 Å². The van der Waals surface area contributed by atoms with E-state index in [1.54, 1.807) is 12.3 Å². The molecule has 0 bridgehead atoms. The number of rotatable bonds is 7. The molecule has 2 atom stereocenters. The maximum Gasteiger partial charge on any atom is 0.191 e. The van der Waals surface area contributed by atoms with Crippen LogP contribution in [0.5, 0.6) is 0 Å². The molecule has 3 rings (SSSR count). The number of furan rings is 1. The molecule has 1 aliphatic heterocycles. The van der Waals surface area contributed by atoms with Crippen LogP contribution < -0.4 is 10.6 Å². The number of hydrogen-bond acceptors (Lipinski definition) is 3. The number of nitrogens with one attached hydrogen (secondary N) is 2. The molecule has 7 heteroatoms. The van der Waals surface area contributed by atoms with Crippen LogP contribution in [0.2, 0.25) is 0 Å². The normalized spacial score (nSPS) is 18.5. The highest BCUT2D eigenvalue weighted by atomic mass is 19.2. The maximum absolute atomic E-state index is 13.5. The van der Waals surface area contributed by atoms with Crippen molar-refractivity contribution in [3.8, 4) is 0 Å². The van der Waals surface area contributed by atoms with Crippen LogP contribution in [0.1, 0.15) is 30.7 Å². The van der Waals surface area contributed by atoms with E-state index in [1.165, 1.54) is 6.07 Å². The lowest BCUT2D eigenvalue weighted by Crippen LogP contribution is -2.40. The molecule has 0 amide bonds. The Morgan fingerprint density at radius 2 is 2.19 bits per heavy atom. The summed E-state index contributed by atoms with van der Waals surface area (Å²) in [7, 11) is 0. The predicted octanol–water partition coefficient (Wildman–Crippen LogP) is 3.43. The highest BCUT2D eigenvalue weighted by Gasteiger charge is 2.16. The second-order valence-corrected chi connectivity index (χ2v) is 6.71. The number of guanidine groups is 1. The molecule has 27 heavy (non-hydrogen) atoms. The third kappa shape index (κ3) is 5.79. The van der Waals surface area contributed by atoms with Crippen molar-refractivity contribution in [1.82, 2.24) is 10.6 Å². The SMILES string of the molecule is CC(NC(=NCC1CCOC1)NCCc1ccco1)c1ccc(F)c(F)c1. The summed E-state index contributed by atoms with van der Waals surface area (Å²) in [5.74, 6) is 0.226. The van der Waals surface area contributed by atoms with Gasteiger partial charge in [0.05, 0.1) is 18.9 Å². The van der Waals surface area contributed by atoms with Crippen LogP contribution in [0.3, 0.4) is 0 Å². The Morgan fingerprint density at radius 1 is 1.30 bits per heavy atom. The Balaban J connectivity index is 1.61. The summed E-state index contributed by atoms with van der Waals surface area (Å²) < 4.78 is 37.4. The smallest absolute Gasteiger partial charge is 0.191 e. The lowest BCUT2D eigenvalue weighted by molar-refractivity contribution is 0.187. The molecule has 146 valence electrons. The summed E-state index contributed by atoms with van der Waals surface area (Å²) in [5.41, 5.74) is 0.652. The van der Waals surface area contributed by atoms with Crippen molar-refractivity contribution in [2.24, 2.45) is 10.9 Å². The van der Waals surface area contributed by atoms with Crippen LogP contribution in [-0.2, 0) is 11.2 Å². The molecule has 1 aromatic carbocycles. The summed E-state index contributed by atoms with van der Waals surface area (Å²) in [6.07, 6.45) is 3.37. The van der Waals surface area contributed by atoms with E-state index in [2.05, 4.69) is 15.6 Å². The molecular formula is C20H25F2N3O2. The minimum Gasteiger partial charge on any atom is -0.469 e. The monoisotopic (exact) mass is 377 g/mol. The second-order valence-electron chi connectivity index (χ2n) is 6.71. The number of hydrogen-bond donors (Lipinski definition) is 2. The molecule has 2 unspecified atom stereocenters. The van der Waals surface area contributed by atoms with Gasteiger partial charge in [-0.05, 0) is 43.2 Å². The zero-order valence-electron chi connectivity index (χ0n) is 15.4. The van der Waals surface area contributed by atoms with Crippen LogP contribution in [0.25, 0.3) is 0 Å².